The molecular weight excluding hydrogens is 662 g/mol. The van der Waals surface area contributed by atoms with Crippen LogP contribution >= 0.6 is 31.9 Å². The second kappa shape index (κ2) is 13.0. The van der Waals surface area contributed by atoms with E-state index in [-0.39, 0.29) is 18.1 Å². The summed E-state index contributed by atoms with van der Waals surface area (Å²) in [6.07, 6.45) is 1.55. The van der Waals surface area contributed by atoms with Crippen molar-refractivity contribution in [2.45, 2.75) is 13.5 Å². The first-order valence-corrected chi connectivity index (χ1v) is 14.5. The van der Waals surface area contributed by atoms with E-state index in [4.69, 9.17) is 9.84 Å². The zero-order valence-electron chi connectivity index (χ0n) is 22.4. The molecule has 5 aromatic rings. The van der Waals surface area contributed by atoms with Crippen LogP contribution < -0.4 is 10.2 Å². The molecule has 0 unspecified atom stereocenters. The highest BCUT2D eigenvalue weighted by Gasteiger charge is 2.12. The van der Waals surface area contributed by atoms with Crippen LogP contribution in [0.1, 0.15) is 37.5 Å². The highest BCUT2D eigenvalue weighted by atomic mass is 79.9. The Labute approximate surface area is 259 Å². The molecule has 0 aliphatic carbocycles. The van der Waals surface area contributed by atoms with E-state index in [0.717, 1.165) is 33.8 Å². The van der Waals surface area contributed by atoms with Gasteiger partial charge in [-0.3, -0.25) is 4.79 Å². The maximum absolute atomic E-state index is 12.8. The van der Waals surface area contributed by atoms with Crippen LogP contribution in [-0.2, 0) is 6.61 Å². The van der Waals surface area contributed by atoms with Crippen LogP contribution in [0.2, 0.25) is 0 Å². The number of nitrogens with one attached hydrogen (secondary N) is 1. The van der Waals surface area contributed by atoms with Crippen LogP contribution in [0.15, 0.2) is 117 Å². The third kappa shape index (κ3) is 6.70. The average Bonchev–Trinajstić information content (AvgIpc) is 3.38. The maximum atomic E-state index is 12.8. The van der Waals surface area contributed by atoms with Gasteiger partial charge in [0.25, 0.3) is 5.91 Å². The summed E-state index contributed by atoms with van der Waals surface area (Å²) in [5.41, 5.74) is 9.12. The van der Waals surface area contributed by atoms with Crippen molar-refractivity contribution < 1.29 is 19.4 Å². The molecule has 0 bridgehead atoms. The van der Waals surface area contributed by atoms with E-state index in [9.17, 15) is 9.59 Å². The van der Waals surface area contributed by atoms with Crippen LogP contribution in [0.25, 0.3) is 16.9 Å². The number of carbonyl (C=O) groups excluding carboxylic acids is 1. The van der Waals surface area contributed by atoms with Gasteiger partial charge in [-0.25, -0.2) is 10.2 Å². The summed E-state index contributed by atoms with van der Waals surface area (Å²) in [4.78, 5) is 23.8. The fourth-order valence-electron chi connectivity index (χ4n) is 4.40. The number of carboxylic acids is 1. The molecule has 0 saturated carbocycles. The molecule has 0 spiro atoms. The van der Waals surface area contributed by atoms with Crippen molar-refractivity contribution in [1.82, 2.24) is 9.99 Å². The molecule has 4 aromatic carbocycles. The van der Waals surface area contributed by atoms with Crippen LogP contribution in [0.3, 0.4) is 0 Å². The molecule has 9 heteroatoms. The van der Waals surface area contributed by atoms with Gasteiger partial charge in [0.15, 0.2) is 0 Å². The van der Waals surface area contributed by atoms with E-state index in [0.29, 0.717) is 20.3 Å². The Bertz CT molecular complexity index is 1740. The zero-order chi connectivity index (χ0) is 29.6. The van der Waals surface area contributed by atoms with E-state index in [1.54, 1.807) is 30.5 Å². The number of hydrogen-bond acceptors (Lipinski definition) is 4. The van der Waals surface area contributed by atoms with Crippen molar-refractivity contribution >= 4 is 50.0 Å². The highest BCUT2D eigenvalue weighted by Crippen LogP contribution is 2.35. The van der Waals surface area contributed by atoms with Gasteiger partial charge in [-0.15, -0.1) is 0 Å². The number of aryl methyl sites for hydroxylation is 1. The molecule has 5 rings (SSSR count). The molecule has 1 aromatic heterocycles. The lowest BCUT2D eigenvalue weighted by molar-refractivity contribution is 0.0696. The van der Waals surface area contributed by atoms with E-state index in [2.05, 4.69) is 78.1 Å². The Balaban J connectivity index is 1.21. The van der Waals surface area contributed by atoms with Gasteiger partial charge in [0.2, 0.25) is 0 Å². The molecule has 210 valence electrons. The SMILES string of the molecule is Cc1ccc(-c2ccccc2)n1-c1ccc(C(=O)N/N=C/c2cc(Br)c(OCc3ccc(C(=O)O)cc3)c(Br)c2)cc1. The fourth-order valence-corrected chi connectivity index (χ4v) is 5.85. The molecule has 42 heavy (non-hydrogen) atoms. The Morgan fingerprint density at radius 1 is 0.881 bits per heavy atom. The van der Waals surface area contributed by atoms with E-state index < -0.39 is 5.97 Å². The topological polar surface area (TPSA) is 92.9 Å². The quantitative estimate of drug-likeness (QED) is 0.121. The maximum Gasteiger partial charge on any atom is 0.335 e. The van der Waals surface area contributed by atoms with Gasteiger partial charge in [0, 0.05) is 16.9 Å². The monoisotopic (exact) mass is 685 g/mol. The Morgan fingerprint density at radius 2 is 1.52 bits per heavy atom. The molecule has 2 N–H and O–H groups in total. The molecule has 0 fully saturated rings. The molecule has 0 radical (unpaired) electrons. The summed E-state index contributed by atoms with van der Waals surface area (Å²) >= 11 is 7.05. The lowest BCUT2D eigenvalue weighted by atomic mass is 10.1. The third-order valence-corrected chi connectivity index (χ3v) is 7.70. The summed E-state index contributed by atoms with van der Waals surface area (Å²) in [5.74, 6) is -0.705. The van der Waals surface area contributed by atoms with E-state index >= 15 is 0 Å². The fraction of sp³-hybridized carbons (Fsp3) is 0.0606. The van der Waals surface area contributed by atoms with Gasteiger partial charge < -0.3 is 14.4 Å². The lowest BCUT2D eigenvalue weighted by Gasteiger charge is -2.13. The molecule has 0 aliphatic rings. The largest absolute Gasteiger partial charge is 0.487 e. The smallest absolute Gasteiger partial charge is 0.335 e. The molecule has 7 nitrogen and oxygen atoms in total. The Hall–Kier alpha value is -4.47. The second-order valence-electron chi connectivity index (χ2n) is 9.41. The summed E-state index contributed by atoms with van der Waals surface area (Å²) in [6, 6.07) is 31.9. The number of aromatic carboxylic acids is 1. The first-order valence-electron chi connectivity index (χ1n) is 12.9. The first-order chi connectivity index (χ1) is 20.3. The van der Waals surface area contributed by atoms with Crippen LogP contribution in [-0.4, -0.2) is 27.8 Å². The van der Waals surface area contributed by atoms with Gasteiger partial charge in [-0.2, -0.15) is 5.10 Å². The van der Waals surface area contributed by atoms with E-state index in [1.807, 2.05) is 42.5 Å². The van der Waals surface area contributed by atoms with Crippen molar-refractivity contribution in [2.24, 2.45) is 5.10 Å². The van der Waals surface area contributed by atoms with E-state index in [1.165, 1.54) is 12.1 Å². The second-order valence-corrected chi connectivity index (χ2v) is 11.1. The van der Waals surface area contributed by atoms with Crippen LogP contribution in [0.4, 0.5) is 0 Å². The number of hydrazone groups is 1. The molecule has 1 heterocycles. The van der Waals surface area contributed by atoms with Crippen molar-refractivity contribution in [1.29, 1.82) is 0 Å². The number of rotatable bonds is 9. The van der Waals surface area contributed by atoms with Gasteiger partial charge >= 0.3 is 5.97 Å². The normalized spacial score (nSPS) is 11.0. The lowest BCUT2D eigenvalue weighted by Crippen LogP contribution is -2.17. The minimum Gasteiger partial charge on any atom is -0.487 e. The number of benzene rings is 4. The molecular formula is C33H25Br2N3O4. The molecule has 0 atom stereocenters. The van der Waals surface area contributed by atoms with Gasteiger partial charge in [-0.1, -0.05) is 42.5 Å². The van der Waals surface area contributed by atoms with Crippen molar-refractivity contribution in [2.75, 3.05) is 0 Å². The number of carboxylic acid groups (broad SMARTS) is 1. The van der Waals surface area contributed by atoms with Crippen molar-refractivity contribution in [3.63, 3.8) is 0 Å². The number of amides is 1. The van der Waals surface area contributed by atoms with Gasteiger partial charge in [0.1, 0.15) is 12.4 Å². The minimum absolute atomic E-state index is 0.221. The number of carbonyl (C=O) groups is 2. The third-order valence-electron chi connectivity index (χ3n) is 6.52. The Kier molecular flexibility index (Phi) is 9.00. The predicted molar refractivity (Wildman–Crippen MR) is 171 cm³/mol. The van der Waals surface area contributed by atoms with Crippen LogP contribution in [0.5, 0.6) is 5.75 Å². The summed E-state index contributed by atoms with van der Waals surface area (Å²) in [7, 11) is 0. The predicted octanol–water partition coefficient (Wildman–Crippen LogP) is 8.02. The van der Waals surface area contributed by atoms with Gasteiger partial charge in [-0.05, 0) is 116 Å². The Morgan fingerprint density at radius 3 is 2.17 bits per heavy atom. The van der Waals surface area contributed by atoms with Crippen molar-refractivity contribution in [3.05, 3.63) is 140 Å². The average molecular weight is 687 g/mol. The summed E-state index contributed by atoms with van der Waals surface area (Å²) in [5, 5.41) is 13.2. The first kappa shape index (κ1) is 29.0. The standard InChI is InChI=1S/C33H25Br2N3O4/c1-21-7-16-30(24-5-3-2-4-6-24)38(21)27-14-12-25(13-15-27)32(39)37-36-19-23-17-28(34)31(29(35)18-23)42-20-22-8-10-26(11-9-22)33(40)41/h2-19H,20H2,1H3,(H,37,39)(H,40,41)/b36-19+. The summed E-state index contributed by atoms with van der Waals surface area (Å²) in [6.45, 7) is 2.32. The highest BCUT2D eigenvalue weighted by molar-refractivity contribution is 9.11. The number of halogens is 2. The molecule has 1 amide bonds. The number of nitrogens with zero attached hydrogens (tertiary/aromatic N) is 2. The zero-order valence-corrected chi connectivity index (χ0v) is 25.6. The minimum atomic E-state index is -0.972. The molecule has 0 saturated heterocycles. The van der Waals surface area contributed by atoms with Gasteiger partial charge in [0.05, 0.1) is 26.4 Å². The number of ether oxygens (including phenoxy) is 1. The summed E-state index contributed by atoms with van der Waals surface area (Å²) < 4.78 is 9.47. The molecule has 0 aliphatic heterocycles. The number of aromatic nitrogens is 1. The van der Waals surface area contributed by atoms with Crippen LogP contribution in [0, 0.1) is 6.92 Å². The van der Waals surface area contributed by atoms with Crippen molar-refractivity contribution in [3.8, 4) is 22.7 Å². The number of hydrogen-bond donors (Lipinski definition) is 2.